The highest BCUT2D eigenvalue weighted by Gasteiger charge is 2.28. The topological polar surface area (TPSA) is 120 Å². The van der Waals surface area contributed by atoms with E-state index in [1.165, 1.54) is 7.05 Å². The van der Waals surface area contributed by atoms with E-state index >= 15 is 0 Å². The number of rotatable bonds is 9. The highest BCUT2D eigenvalue weighted by atomic mass is 16.5. The minimum atomic E-state index is -0.826. The van der Waals surface area contributed by atoms with Crippen molar-refractivity contribution in [1.82, 2.24) is 21.1 Å². The van der Waals surface area contributed by atoms with Crippen molar-refractivity contribution in [3.05, 3.63) is 42.1 Å². The zero-order valence-corrected chi connectivity index (χ0v) is 16.9. The molecule has 2 atom stereocenters. The van der Waals surface area contributed by atoms with E-state index in [1.807, 2.05) is 50.2 Å². The van der Waals surface area contributed by atoms with Gasteiger partial charge in [-0.25, -0.2) is 5.48 Å². The molecule has 0 fully saturated rings. The van der Waals surface area contributed by atoms with Crippen LogP contribution < -0.4 is 16.1 Å². The van der Waals surface area contributed by atoms with Gasteiger partial charge >= 0.3 is 0 Å². The van der Waals surface area contributed by atoms with Crippen LogP contribution in [0.2, 0.25) is 0 Å². The van der Waals surface area contributed by atoms with E-state index in [0.717, 1.165) is 10.9 Å². The van der Waals surface area contributed by atoms with E-state index in [-0.39, 0.29) is 24.7 Å². The van der Waals surface area contributed by atoms with Gasteiger partial charge in [0.05, 0.1) is 5.52 Å². The van der Waals surface area contributed by atoms with Crippen molar-refractivity contribution in [2.24, 2.45) is 11.8 Å². The zero-order chi connectivity index (χ0) is 21.4. The summed E-state index contributed by atoms with van der Waals surface area (Å²) in [6, 6.07) is 10.6. The normalized spacial score (nSPS) is 13.0. The smallest absolute Gasteiger partial charge is 0.244 e. The number of para-hydroxylation sites is 1. The molecule has 0 radical (unpaired) electrons. The number of fused-ring (bicyclic) bond motifs is 1. The zero-order valence-electron chi connectivity index (χ0n) is 16.9. The summed E-state index contributed by atoms with van der Waals surface area (Å²) in [5.74, 6) is -1.88. The van der Waals surface area contributed by atoms with Crippen LogP contribution in [0.1, 0.15) is 32.4 Å². The van der Waals surface area contributed by atoms with Crippen molar-refractivity contribution < 1.29 is 19.6 Å². The Labute approximate surface area is 170 Å². The molecule has 0 aliphatic rings. The maximum atomic E-state index is 12.8. The number of pyridine rings is 1. The Morgan fingerprint density at radius 1 is 1.07 bits per heavy atom. The lowest BCUT2D eigenvalue weighted by atomic mass is 9.92. The van der Waals surface area contributed by atoms with E-state index in [4.69, 9.17) is 5.21 Å². The number of carbonyl (C=O) groups excluding carboxylic acids is 3. The molecule has 2 aromatic rings. The summed E-state index contributed by atoms with van der Waals surface area (Å²) in [6.45, 7) is 3.87. The Hall–Kier alpha value is -3.00. The molecule has 29 heavy (non-hydrogen) atoms. The molecule has 156 valence electrons. The average molecular weight is 400 g/mol. The van der Waals surface area contributed by atoms with Crippen LogP contribution in [-0.2, 0) is 20.8 Å². The summed E-state index contributed by atoms with van der Waals surface area (Å²) in [5, 5.41) is 15.1. The van der Waals surface area contributed by atoms with Crippen LogP contribution in [0.25, 0.3) is 10.9 Å². The number of aromatic nitrogens is 1. The van der Waals surface area contributed by atoms with Crippen molar-refractivity contribution in [2.45, 2.75) is 39.2 Å². The standard InChI is InChI=1S/C21H28N4O4/c1-13(2)10-15(11-19(26)25-29)20(27)24-18(21(28)22-3)12-16-9-8-14-6-4-5-7-17(14)23-16/h4-9,13,15,18,29H,10-12H2,1-3H3,(H,22,28)(H,24,27)(H,25,26)/t15-,18+/m1/s1. The minimum Gasteiger partial charge on any atom is -0.357 e. The molecule has 3 amide bonds. The van der Waals surface area contributed by atoms with Gasteiger partial charge in [-0.15, -0.1) is 0 Å². The van der Waals surface area contributed by atoms with Gasteiger partial charge in [-0.3, -0.25) is 24.6 Å². The number of nitrogens with zero attached hydrogens (tertiary/aromatic N) is 1. The van der Waals surface area contributed by atoms with Crippen molar-refractivity contribution >= 4 is 28.6 Å². The van der Waals surface area contributed by atoms with E-state index in [9.17, 15) is 14.4 Å². The Balaban J connectivity index is 2.18. The van der Waals surface area contributed by atoms with E-state index in [0.29, 0.717) is 12.1 Å². The number of carbonyl (C=O) groups is 3. The van der Waals surface area contributed by atoms with Gasteiger partial charge in [0.1, 0.15) is 6.04 Å². The van der Waals surface area contributed by atoms with Gasteiger partial charge in [0.2, 0.25) is 17.7 Å². The summed E-state index contributed by atoms with van der Waals surface area (Å²) in [7, 11) is 1.50. The lowest BCUT2D eigenvalue weighted by molar-refractivity contribution is -0.136. The van der Waals surface area contributed by atoms with Crippen molar-refractivity contribution in [3.8, 4) is 0 Å². The van der Waals surface area contributed by atoms with Gasteiger partial charge in [0.25, 0.3) is 0 Å². The Kier molecular flexibility index (Phi) is 8.09. The largest absolute Gasteiger partial charge is 0.357 e. The second kappa shape index (κ2) is 10.5. The molecular formula is C21H28N4O4. The molecule has 8 heteroatoms. The van der Waals surface area contributed by atoms with Crippen LogP contribution in [0, 0.1) is 11.8 Å². The molecule has 0 saturated carbocycles. The number of nitrogens with one attached hydrogen (secondary N) is 3. The first-order chi connectivity index (χ1) is 13.8. The maximum absolute atomic E-state index is 12.8. The number of likely N-dealkylation sites (N-methyl/N-ethyl adjacent to an activating group) is 1. The van der Waals surface area contributed by atoms with Crippen LogP contribution in [-0.4, -0.2) is 41.0 Å². The highest BCUT2D eigenvalue weighted by molar-refractivity contribution is 5.90. The first kappa shape index (κ1) is 22.3. The fourth-order valence-corrected chi connectivity index (χ4v) is 3.23. The number of hydroxylamine groups is 1. The fourth-order valence-electron chi connectivity index (χ4n) is 3.23. The van der Waals surface area contributed by atoms with Gasteiger partial charge in [0.15, 0.2) is 0 Å². The number of hydrogen-bond donors (Lipinski definition) is 4. The molecule has 4 N–H and O–H groups in total. The summed E-state index contributed by atoms with van der Waals surface area (Å²) in [4.78, 5) is 41.3. The molecule has 0 spiro atoms. The second-order valence-corrected chi connectivity index (χ2v) is 7.44. The van der Waals surface area contributed by atoms with Crippen molar-refractivity contribution in [2.75, 3.05) is 7.05 Å². The molecule has 2 rings (SSSR count). The minimum absolute atomic E-state index is 0.158. The van der Waals surface area contributed by atoms with Crippen LogP contribution in [0.3, 0.4) is 0 Å². The molecule has 0 saturated heterocycles. The van der Waals surface area contributed by atoms with Gasteiger partial charge in [-0.1, -0.05) is 38.1 Å². The Morgan fingerprint density at radius 3 is 2.45 bits per heavy atom. The quantitative estimate of drug-likeness (QED) is 0.376. The molecule has 0 bridgehead atoms. The predicted octanol–water partition coefficient (Wildman–Crippen LogP) is 1.57. The van der Waals surface area contributed by atoms with Gasteiger partial charge in [-0.05, 0) is 24.5 Å². The van der Waals surface area contributed by atoms with Crippen LogP contribution in [0.5, 0.6) is 0 Å². The predicted molar refractivity (Wildman–Crippen MR) is 109 cm³/mol. The SMILES string of the molecule is CNC(=O)[C@H](Cc1ccc2ccccc2n1)NC(=O)[C@@H](CC(=O)NO)CC(C)C. The Morgan fingerprint density at radius 2 is 1.79 bits per heavy atom. The molecule has 1 aromatic carbocycles. The molecule has 8 nitrogen and oxygen atoms in total. The van der Waals surface area contributed by atoms with Crippen LogP contribution in [0.15, 0.2) is 36.4 Å². The molecule has 0 aliphatic carbocycles. The van der Waals surface area contributed by atoms with Crippen molar-refractivity contribution in [3.63, 3.8) is 0 Å². The van der Waals surface area contributed by atoms with E-state index in [1.54, 1.807) is 5.48 Å². The van der Waals surface area contributed by atoms with Crippen LogP contribution >= 0.6 is 0 Å². The van der Waals surface area contributed by atoms with E-state index < -0.39 is 23.8 Å². The van der Waals surface area contributed by atoms with Gasteiger partial charge in [0, 0.05) is 36.9 Å². The molecule has 1 aromatic heterocycles. The first-order valence-electron chi connectivity index (χ1n) is 9.63. The third-order valence-corrected chi connectivity index (χ3v) is 4.63. The van der Waals surface area contributed by atoms with Crippen LogP contribution in [0.4, 0.5) is 0 Å². The van der Waals surface area contributed by atoms with E-state index in [2.05, 4.69) is 15.6 Å². The summed E-state index contributed by atoms with van der Waals surface area (Å²) in [6.07, 6.45) is 0.514. The molecule has 0 aliphatic heterocycles. The number of amides is 3. The van der Waals surface area contributed by atoms with Crippen molar-refractivity contribution in [1.29, 1.82) is 0 Å². The third kappa shape index (κ3) is 6.53. The monoisotopic (exact) mass is 400 g/mol. The lowest BCUT2D eigenvalue weighted by Gasteiger charge is -2.22. The number of hydrogen-bond acceptors (Lipinski definition) is 5. The lowest BCUT2D eigenvalue weighted by Crippen LogP contribution is -2.49. The number of benzene rings is 1. The molecule has 1 heterocycles. The van der Waals surface area contributed by atoms with Gasteiger partial charge in [-0.2, -0.15) is 0 Å². The summed E-state index contributed by atoms with van der Waals surface area (Å²) >= 11 is 0. The fraction of sp³-hybridized carbons (Fsp3) is 0.429. The third-order valence-electron chi connectivity index (χ3n) is 4.63. The first-order valence-corrected chi connectivity index (χ1v) is 9.63. The Bertz CT molecular complexity index is 869. The second-order valence-electron chi connectivity index (χ2n) is 7.44. The molecule has 0 unspecified atom stereocenters. The summed E-state index contributed by atoms with van der Waals surface area (Å²) in [5.41, 5.74) is 3.04. The maximum Gasteiger partial charge on any atom is 0.244 e. The summed E-state index contributed by atoms with van der Waals surface area (Å²) < 4.78 is 0. The molecular weight excluding hydrogens is 372 g/mol. The average Bonchev–Trinajstić information content (AvgIpc) is 2.71. The highest BCUT2D eigenvalue weighted by Crippen LogP contribution is 2.17. The van der Waals surface area contributed by atoms with Gasteiger partial charge < -0.3 is 10.6 Å².